The fourth-order valence-electron chi connectivity index (χ4n) is 2.73. The van der Waals surface area contributed by atoms with Crippen LogP contribution in [0.2, 0.25) is 5.02 Å². The lowest BCUT2D eigenvalue weighted by molar-refractivity contribution is -0.384. The molecule has 0 N–H and O–H groups in total. The van der Waals surface area contributed by atoms with Crippen molar-refractivity contribution in [2.45, 2.75) is 18.9 Å². The molecule has 1 saturated heterocycles. The predicted octanol–water partition coefficient (Wildman–Crippen LogP) is 2.32. The average molecular weight is 336 g/mol. The van der Waals surface area contributed by atoms with Gasteiger partial charge in [-0.25, -0.2) is 4.68 Å². The van der Waals surface area contributed by atoms with E-state index in [1.54, 1.807) is 15.8 Å². The Balaban J connectivity index is 1.71. The number of likely N-dealkylation sites (tertiary alicyclic amines) is 1. The number of halogens is 1. The zero-order valence-corrected chi connectivity index (χ0v) is 12.9. The number of hydrogen-bond acceptors (Lipinski definition) is 5. The van der Waals surface area contributed by atoms with Gasteiger partial charge in [0.05, 0.1) is 17.2 Å². The Morgan fingerprint density at radius 2 is 2.04 bits per heavy atom. The second-order valence-electron chi connectivity index (χ2n) is 5.36. The van der Waals surface area contributed by atoms with Gasteiger partial charge in [-0.3, -0.25) is 14.9 Å². The van der Waals surface area contributed by atoms with Crippen molar-refractivity contribution in [2.24, 2.45) is 0 Å². The van der Waals surface area contributed by atoms with Gasteiger partial charge >= 0.3 is 0 Å². The number of nitrogens with zero attached hydrogens (tertiary/aromatic N) is 5. The Hall–Kier alpha value is -2.48. The van der Waals surface area contributed by atoms with E-state index in [-0.39, 0.29) is 28.2 Å². The number of amides is 1. The van der Waals surface area contributed by atoms with E-state index in [0.29, 0.717) is 13.1 Å². The van der Waals surface area contributed by atoms with E-state index in [1.807, 2.05) is 6.20 Å². The van der Waals surface area contributed by atoms with E-state index in [0.717, 1.165) is 12.8 Å². The minimum atomic E-state index is -0.556. The van der Waals surface area contributed by atoms with Crippen LogP contribution in [0.3, 0.4) is 0 Å². The van der Waals surface area contributed by atoms with Crippen molar-refractivity contribution in [1.29, 1.82) is 0 Å². The SMILES string of the molecule is O=C(c1cc(Cl)cc([N+](=O)[O-])c1)N1CCC(n2ccnn2)CC1. The third-order valence-corrected chi connectivity index (χ3v) is 4.13. The standard InChI is InChI=1S/C14H14ClN5O3/c15-11-7-10(8-13(9-11)20(22)23)14(21)18-4-1-12(2-5-18)19-6-3-16-17-19/h3,6-9,12H,1-2,4-5H2. The molecule has 0 spiro atoms. The van der Waals surface area contributed by atoms with Crippen molar-refractivity contribution < 1.29 is 9.72 Å². The normalized spacial score (nSPS) is 15.6. The van der Waals surface area contributed by atoms with Crippen LogP contribution in [0.5, 0.6) is 0 Å². The fourth-order valence-corrected chi connectivity index (χ4v) is 2.96. The largest absolute Gasteiger partial charge is 0.338 e. The maximum absolute atomic E-state index is 12.5. The summed E-state index contributed by atoms with van der Waals surface area (Å²) in [7, 11) is 0. The monoisotopic (exact) mass is 335 g/mol. The molecule has 1 fully saturated rings. The number of piperidine rings is 1. The number of carbonyl (C=O) groups is 1. The molecule has 1 aromatic carbocycles. The Bertz CT molecular complexity index is 726. The van der Waals surface area contributed by atoms with Gasteiger partial charge in [0.2, 0.25) is 0 Å². The summed E-state index contributed by atoms with van der Waals surface area (Å²) in [6.07, 6.45) is 4.96. The highest BCUT2D eigenvalue weighted by Crippen LogP contribution is 2.25. The van der Waals surface area contributed by atoms with E-state index in [4.69, 9.17) is 11.6 Å². The minimum Gasteiger partial charge on any atom is -0.338 e. The highest BCUT2D eigenvalue weighted by molar-refractivity contribution is 6.31. The molecule has 8 nitrogen and oxygen atoms in total. The Labute approximate surface area is 136 Å². The molecule has 0 atom stereocenters. The molecular weight excluding hydrogens is 322 g/mol. The van der Waals surface area contributed by atoms with Crippen LogP contribution < -0.4 is 0 Å². The third kappa shape index (κ3) is 3.31. The lowest BCUT2D eigenvalue weighted by Gasteiger charge is -2.31. The van der Waals surface area contributed by atoms with Gasteiger partial charge < -0.3 is 4.90 Å². The van der Waals surface area contributed by atoms with Crippen LogP contribution in [0, 0.1) is 10.1 Å². The lowest BCUT2D eigenvalue weighted by Crippen LogP contribution is -2.39. The molecule has 120 valence electrons. The average Bonchev–Trinajstić information content (AvgIpc) is 3.08. The first-order valence-electron chi connectivity index (χ1n) is 7.14. The lowest BCUT2D eigenvalue weighted by atomic mass is 10.0. The zero-order chi connectivity index (χ0) is 16.4. The number of non-ortho nitro benzene ring substituents is 1. The second-order valence-corrected chi connectivity index (χ2v) is 5.80. The van der Waals surface area contributed by atoms with Crippen LogP contribution in [-0.4, -0.2) is 43.8 Å². The molecule has 1 amide bonds. The first-order chi connectivity index (χ1) is 11.0. The molecular formula is C14H14ClN5O3. The van der Waals surface area contributed by atoms with E-state index < -0.39 is 4.92 Å². The summed E-state index contributed by atoms with van der Waals surface area (Å²) in [6.45, 7) is 1.12. The van der Waals surface area contributed by atoms with E-state index in [2.05, 4.69) is 10.3 Å². The molecule has 9 heteroatoms. The Kier molecular flexibility index (Phi) is 4.24. The van der Waals surface area contributed by atoms with Gasteiger partial charge in [-0.2, -0.15) is 0 Å². The quantitative estimate of drug-likeness (QED) is 0.633. The van der Waals surface area contributed by atoms with E-state index in [1.165, 1.54) is 18.2 Å². The highest BCUT2D eigenvalue weighted by atomic mass is 35.5. The number of carbonyl (C=O) groups excluding carboxylic acids is 1. The van der Waals surface area contributed by atoms with Gasteiger partial charge in [0.15, 0.2) is 0 Å². The first-order valence-corrected chi connectivity index (χ1v) is 7.52. The third-order valence-electron chi connectivity index (χ3n) is 3.91. The van der Waals surface area contributed by atoms with Gasteiger partial charge in [-0.15, -0.1) is 5.10 Å². The summed E-state index contributed by atoms with van der Waals surface area (Å²) in [5, 5.41) is 18.8. The molecule has 0 unspecified atom stereocenters. The molecule has 1 aromatic heterocycles. The maximum atomic E-state index is 12.5. The summed E-state index contributed by atoms with van der Waals surface area (Å²) < 4.78 is 1.80. The van der Waals surface area contributed by atoms with Gasteiger partial charge in [0.25, 0.3) is 11.6 Å². The van der Waals surface area contributed by atoms with Crippen LogP contribution in [0.25, 0.3) is 0 Å². The molecule has 2 aromatic rings. The molecule has 1 aliphatic rings. The van der Waals surface area contributed by atoms with Crippen molar-refractivity contribution in [2.75, 3.05) is 13.1 Å². The van der Waals surface area contributed by atoms with Crippen molar-refractivity contribution in [3.05, 3.63) is 51.3 Å². The Morgan fingerprint density at radius 1 is 1.30 bits per heavy atom. The van der Waals surface area contributed by atoms with Gasteiger partial charge in [-0.05, 0) is 18.9 Å². The van der Waals surface area contributed by atoms with Crippen molar-refractivity contribution in [3.63, 3.8) is 0 Å². The van der Waals surface area contributed by atoms with E-state index >= 15 is 0 Å². The molecule has 0 saturated carbocycles. The summed E-state index contributed by atoms with van der Waals surface area (Å²) in [5.74, 6) is -0.243. The number of rotatable bonds is 3. The smallest absolute Gasteiger partial charge is 0.271 e. The van der Waals surface area contributed by atoms with E-state index in [9.17, 15) is 14.9 Å². The number of benzene rings is 1. The second kappa shape index (κ2) is 6.33. The zero-order valence-electron chi connectivity index (χ0n) is 12.1. The molecule has 2 heterocycles. The highest BCUT2D eigenvalue weighted by Gasteiger charge is 2.26. The Morgan fingerprint density at radius 3 is 2.65 bits per heavy atom. The molecule has 1 aliphatic heterocycles. The topological polar surface area (TPSA) is 94.2 Å². The van der Waals surface area contributed by atoms with Crippen molar-refractivity contribution in [3.8, 4) is 0 Å². The molecule has 0 radical (unpaired) electrons. The fraction of sp³-hybridized carbons (Fsp3) is 0.357. The van der Waals surface area contributed by atoms with Gasteiger partial charge in [-0.1, -0.05) is 16.8 Å². The molecule has 3 rings (SSSR count). The first kappa shape index (κ1) is 15.4. The van der Waals surface area contributed by atoms with Gasteiger partial charge in [0, 0.05) is 42.0 Å². The number of aromatic nitrogens is 3. The van der Waals surface area contributed by atoms with Gasteiger partial charge in [0.1, 0.15) is 0 Å². The summed E-state index contributed by atoms with van der Waals surface area (Å²) in [4.78, 5) is 24.5. The molecule has 0 aliphatic carbocycles. The van der Waals surface area contributed by atoms with Crippen LogP contribution in [-0.2, 0) is 0 Å². The summed E-state index contributed by atoms with van der Waals surface area (Å²) in [5.41, 5.74) is 0.0572. The van der Waals surface area contributed by atoms with Crippen LogP contribution in [0.1, 0.15) is 29.2 Å². The molecule has 0 bridgehead atoms. The maximum Gasteiger partial charge on any atom is 0.271 e. The number of nitro groups is 1. The van der Waals surface area contributed by atoms with Crippen LogP contribution >= 0.6 is 11.6 Å². The molecule has 23 heavy (non-hydrogen) atoms. The van der Waals surface area contributed by atoms with Crippen LogP contribution in [0.4, 0.5) is 5.69 Å². The number of nitro benzene ring substituents is 1. The summed E-state index contributed by atoms with van der Waals surface area (Å²) >= 11 is 5.87. The summed E-state index contributed by atoms with van der Waals surface area (Å²) in [6, 6.07) is 4.17. The number of hydrogen-bond donors (Lipinski definition) is 0. The minimum absolute atomic E-state index is 0.181. The van der Waals surface area contributed by atoms with Crippen molar-refractivity contribution >= 4 is 23.2 Å². The van der Waals surface area contributed by atoms with Crippen LogP contribution in [0.15, 0.2) is 30.6 Å². The van der Waals surface area contributed by atoms with Crippen molar-refractivity contribution in [1.82, 2.24) is 19.9 Å². The predicted molar refractivity (Wildman–Crippen MR) is 82.3 cm³/mol.